The molecule has 9 nitrogen and oxygen atoms in total. The number of nitrogens with one attached hydrogen (secondary N) is 4. The first-order chi connectivity index (χ1) is 15.9. The van der Waals surface area contributed by atoms with Crippen molar-refractivity contribution >= 4 is 52.9 Å². The number of anilines is 1. The quantitative estimate of drug-likeness (QED) is 0.235. The molecule has 0 unspecified atom stereocenters. The van der Waals surface area contributed by atoms with Crippen LogP contribution in [0.15, 0.2) is 24.4 Å². The molecule has 0 bridgehead atoms. The van der Waals surface area contributed by atoms with Crippen LogP contribution >= 0.6 is 23.2 Å². The number of halogens is 2. The number of rotatable bonds is 9. The van der Waals surface area contributed by atoms with Gasteiger partial charge in [0.25, 0.3) is 11.8 Å². The molecular formula is C22H25Cl2N5O4. The van der Waals surface area contributed by atoms with Gasteiger partial charge in [-0.2, -0.15) is 5.10 Å². The van der Waals surface area contributed by atoms with Crippen molar-refractivity contribution in [1.82, 2.24) is 15.5 Å². The Hall–Kier alpha value is -2.91. The number of esters is 1. The van der Waals surface area contributed by atoms with Crippen molar-refractivity contribution in [3.63, 3.8) is 0 Å². The molecule has 1 aliphatic rings. The molecule has 1 heterocycles. The molecule has 11 heteroatoms. The number of aromatic amines is 1. The second-order valence-corrected chi connectivity index (χ2v) is 8.63. The number of benzene rings is 1. The average Bonchev–Trinajstić information content (AvgIpc) is 3.23. The summed E-state index contributed by atoms with van der Waals surface area (Å²) in [4.78, 5) is 37.2. The minimum atomic E-state index is -0.547. The molecule has 1 aromatic carbocycles. The van der Waals surface area contributed by atoms with Crippen LogP contribution in [0.25, 0.3) is 0 Å². The zero-order valence-corrected chi connectivity index (χ0v) is 19.3. The molecule has 176 valence electrons. The van der Waals surface area contributed by atoms with E-state index in [0.717, 1.165) is 25.7 Å². The van der Waals surface area contributed by atoms with Gasteiger partial charge < -0.3 is 20.8 Å². The summed E-state index contributed by atoms with van der Waals surface area (Å²) in [5.41, 5.74) is 0.460. The van der Waals surface area contributed by atoms with E-state index in [1.807, 2.05) is 0 Å². The first kappa shape index (κ1) is 24.7. The molecular weight excluding hydrogens is 469 g/mol. The van der Waals surface area contributed by atoms with Crippen LogP contribution in [0.4, 0.5) is 5.69 Å². The predicted octanol–water partition coefficient (Wildman–Crippen LogP) is 4.23. The van der Waals surface area contributed by atoms with Gasteiger partial charge in [0.2, 0.25) is 0 Å². The van der Waals surface area contributed by atoms with Gasteiger partial charge in [-0.1, -0.05) is 29.3 Å². The predicted molar refractivity (Wildman–Crippen MR) is 125 cm³/mol. The molecule has 1 saturated carbocycles. The molecule has 0 radical (unpaired) electrons. The van der Waals surface area contributed by atoms with Crippen molar-refractivity contribution in [1.29, 1.82) is 5.41 Å². The van der Waals surface area contributed by atoms with E-state index in [1.54, 1.807) is 18.2 Å². The first-order valence-corrected chi connectivity index (χ1v) is 11.4. The van der Waals surface area contributed by atoms with Crippen LogP contribution in [0.3, 0.4) is 0 Å². The average molecular weight is 494 g/mol. The summed E-state index contributed by atoms with van der Waals surface area (Å²) in [6.45, 7) is 0.236. The fourth-order valence-corrected chi connectivity index (χ4v) is 4.32. The highest BCUT2D eigenvalue weighted by atomic mass is 35.5. The van der Waals surface area contributed by atoms with Gasteiger partial charge in [0, 0.05) is 18.9 Å². The minimum absolute atomic E-state index is 0.0486. The second kappa shape index (κ2) is 11.8. The molecule has 0 atom stereocenters. The molecule has 0 aliphatic heterocycles. The Kier molecular flexibility index (Phi) is 8.85. The van der Waals surface area contributed by atoms with E-state index in [0.29, 0.717) is 12.8 Å². The van der Waals surface area contributed by atoms with E-state index in [4.69, 9.17) is 33.3 Å². The number of hydrogen-bond acceptors (Lipinski definition) is 6. The van der Waals surface area contributed by atoms with E-state index in [9.17, 15) is 14.4 Å². The summed E-state index contributed by atoms with van der Waals surface area (Å²) < 4.78 is 5.10. The van der Waals surface area contributed by atoms with Crippen molar-refractivity contribution < 1.29 is 19.1 Å². The monoisotopic (exact) mass is 493 g/mol. The van der Waals surface area contributed by atoms with Gasteiger partial charge in [0.15, 0.2) is 0 Å². The molecule has 0 spiro atoms. The van der Waals surface area contributed by atoms with Crippen molar-refractivity contribution in [3.8, 4) is 0 Å². The van der Waals surface area contributed by atoms with E-state index in [1.165, 1.54) is 12.4 Å². The highest BCUT2D eigenvalue weighted by Crippen LogP contribution is 2.28. The maximum Gasteiger partial charge on any atom is 0.306 e. The van der Waals surface area contributed by atoms with Gasteiger partial charge in [-0.15, -0.1) is 0 Å². The number of ether oxygens (including phenoxy) is 1. The van der Waals surface area contributed by atoms with Gasteiger partial charge >= 0.3 is 5.97 Å². The lowest BCUT2D eigenvalue weighted by Gasteiger charge is -2.28. The Labute approximate surface area is 201 Å². The number of amides is 2. The zero-order valence-electron chi connectivity index (χ0n) is 17.8. The molecule has 3 rings (SSSR count). The summed E-state index contributed by atoms with van der Waals surface area (Å²) in [5.74, 6) is -0.967. The smallest absolute Gasteiger partial charge is 0.306 e. The maximum atomic E-state index is 12.8. The molecule has 1 aliphatic carbocycles. The number of nitrogens with zero attached hydrogens (tertiary/aromatic N) is 1. The molecule has 33 heavy (non-hydrogen) atoms. The Morgan fingerprint density at radius 1 is 1.15 bits per heavy atom. The Morgan fingerprint density at radius 2 is 1.85 bits per heavy atom. The second-order valence-electron chi connectivity index (χ2n) is 7.82. The van der Waals surface area contributed by atoms with E-state index in [-0.39, 0.29) is 57.4 Å². The van der Waals surface area contributed by atoms with E-state index >= 15 is 0 Å². The standard InChI is InChI=1S/C22H25Cl2N5O4/c23-15-3-1-4-16(24)19(15)21(31)28-17-12-26-29-20(17)22(32)27-14-7-5-13(6-8-14)11-18(30)33-10-2-9-25/h1,3-4,9,12-14,25H,2,5-8,10-11H2,(H,26,29)(H,27,32)(H,28,31). The van der Waals surface area contributed by atoms with Crippen LogP contribution in [0.5, 0.6) is 0 Å². The summed E-state index contributed by atoms with van der Waals surface area (Å²) in [7, 11) is 0. The first-order valence-electron chi connectivity index (χ1n) is 10.6. The van der Waals surface area contributed by atoms with Gasteiger partial charge in [-0.3, -0.25) is 19.5 Å². The third kappa shape index (κ3) is 6.79. The summed E-state index contributed by atoms with van der Waals surface area (Å²) >= 11 is 12.2. The van der Waals surface area contributed by atoms with Crippen LogP contribution in [0.1, 0.15) is 59.4 Å². The molecule has 0 saturated heterocycles. The van der Waals surface area contributed by atoms with Gasteiger partial charge in [-0.05, 0) is 49.9 Å². The summed E-state index contributed by atoms with van der Waals surface area (Å²) in [6, 6.07) is 4.69. The molecule has 2 amide bonds. The van der Waals surface area contributed by atoms with Crippen molar-refractivity contribution in [2.24, 2.45) is 5.92 Å². The number of carbonyl (C=O) groups excluding carboxylic acids is 3. The topological polar surface area (TPSA) is 137 Å². The summed E-state index contributed by atoms with van der Waals surface area (Å²) in [6.07, 6.45) is 6.38. The van der Waals surface area contributed by atoms with Crippen LogP contribution in [0.2, 0.25) is 10.0 Å². The maximum absolute atomic E-state index is 12.8. The van der Waals surface area contributed by atoms with Crippen LogP contribution in [-0.4, -0.2) is 46.8 Å². The molecule has 4 N–H and O–H groups in total. The third-order valence-corrected chi connectivity index (χ3v) is 6.10. The SMILES string of the molecule is N=CCCOC(=O)CC1CCC(NC(=O)c2[nH]ncc2NC(=O)c2c(Cl)cccc2Cl)CC1. The van der Waals surface area contributed by atoms with Gasteiger partial charge in [-0.25, -0.2) is 0 Å². The van der Waals surface area contributed by atoms with Crippen LogP contribution < -0.4 is 10.6 Å². The normalized spacial score (nSPS) is 17.8. The lowest BCUT2D eigenvalue weighted by atomic mass is 9.84. The van der Waals surface area contributed by atoms with Crippen LogP contribution in [-0.2, 0) is 9.53 Å². The minimum Gasteiger partial charge on any atom is -0.465 e. The number of carbonyl (C=O) groups is 3. The fourth-order valence-electron chi connectivity index (χ4n) is 3.75. The third-order valence-electron chi connectivity index (χ3n) is 5.47. The van der Waals surface area contributed by atoms with Crippen molar-refractivity contribution in [2.45, 2.75) is 44.6 Å². The largest absolute Gasteiger partial charge is 0.465 e. The molecule has 1 aromatic heterocycles. The van der Waals surface area contributed by atoms with E-state index in [2.05, 4.69) is 20.8 Å². The Morgan fingerprint density at radius 3 is 2.52 bits per heavy atom. The highest BCUT2D eigenvalue weighted by molar-refractivity contribution is 6.40. The number of hydrogen-bond donors (Lipinski definition) is 4. The van der Waals surface area contributed by atoms with Crippen molar-refractivity contribution in [3.05, 3.63) is 45.7 Å². The fraction of sp³-hybridized carbons (Fsp3) is 0.409. The Balaban J connectivity index is 1.51. The van der Waals surface area contributed by atoms with Crippen LogP contribution in [0, 0.1) is 11.3 Å². The highest BCUT2D eigenvalue weighted by Gasteiger charge is 2.26. The zero-order chi connectivity index (χ0) is 23.8. The summed E-state index contributed by atoms with van der Waals surface area (Å²) in [5, 5.41) is 19.4. The lowest BCUT2D eigenvalue weighted by Crippen LogP contribution is -2.38. The van der Waals surface area contributed by atoms with Gasteiger partial charge in [0.1, 0.15) is 5.69 Å². The van der Waals surface area contributed by atoms with Crippen molar-refractivity contribution in [2.75, 3.05) is 11.9 Å². The number of H-pyrrole nitrogens is 1. The molecule has 1 fully saturated rings. The lowest BCUT2D eigenvalue weighted by molar-refractivity contribution is -0.144. The van der Waals surface area contributed by atoms with E-state index < -0.39 is 5.91 Å². The molecule has 2 aromatic rings. The van der Waals surface area contributed by atoms with Gasteiger partial charge in [0.05, 0.1) is 34.1 Å². The number of aromatic nitrogens is 2. The Bertz CT molecular complexity index is 998.